The van der Waals surface area contributed by atoms with Crippen LogP contribution < -0.4 is 27.4 Å². The largest absolute Gasteiger partial charge is 0.480 e. The zero-order valence-corrected chi connectivity index (χ0v) is 19.3. The van der Waals surface area contributed by atoms with Gasteiger partial charge in [0.25, 0.3) is 0 Å². The smallest absolute Gasteiger partial charge is 0.326 e. The Balaban J connectivity index is 5.35. The third-order valence-electron chi connectivity index (χ3n) is 5.14. The number of carboxylic acids is 1. The molecule has 0 aliphatic carbocycles. The number of aliphatic carboxylic acids is 1. The molecule has 12 heteroatoms. The number of carbonyl (C=O) groups excluding carboxylic acids is 4. The predicted molar refractivity (Wildman–Crippen MR) is 118 cm³/mol. The average molecular weight is 462 g/mol. The number of carboxylic acid groups (broad SMARTS) is 1. The van der Waals surface area contributed by atoms with Crippen LogP contribution in [-0.4, -0.2) is 64.6 Å². The summed E-state index contributed by atoms with van der Waals surface area (Å²) in [5.74, 6) is -4.75. The van der Waals surface area contributed by atoms with Gasteiger partial charge in [0.1, 0.15) is 18.1 Å². The first-order valence-corrected chi connectivity index (χ1v) is 10.8. The number of amides is 4. The van der Waals surface area contributed by atoms with Crippen LogP contribution in [0.4, 0.5) is 0 Å². The second-order valence-corrected chi connectivity index (χ2v) is 7.97. The number of carbonyl (C=O) groups is 5. The van der Waals surface area contributed by atoms with Gasteiger partial charge in [0.05, 0.1) is 12.5 Å². The third kappa shape index (κ3) is 9.55. The van der Waals surface area contributed by atoms with Crippen molar-refractivity contribution in [2.45, 2.75) is 71.1 Å². The molecule has 11 nitrogen and oxygen atoms in total. The van der Waals surface area contributed by atoms with E-state index in [-0.39, 0.29) is 24.0 Å². The molecule has 0 aliphatic rings. The van der Waals surface area contributed by atoms with Gasteiger partial charge in [-0.3, -0.25) is 19.2 Å². The van der Waals surface area contributed by atoms with Crippen molar-refractivity contribution < 1.29 is 29.1 Å². The van der Waals surface area contributed by atoms with Gasteiger partial charge in [0, 0.05) is 5.75 Å². The molecule has 6 unspecified atom stereocenters. The summed E-state index contributed by atoms with van der Waals surface area (Å²) in [5, 5.41) is 16.8. The van der Waals surface area contributed by atoms with Gasteiger partial charge in [-0.2, -0.15) is 12.6 Å². The minimum absolute atomic E-state index is 0.0905. The van der Waals surface area contributed by atoms with E-state index in [2.05, 4.69) is 28.6 Å². The number of thiol groups is 1. The van der Waals surface area contributed by atoms with Gasteiger partial charge in [-0.05, 0) is 11.8 Å². The van der Waals surface area contributed by atoms with E-state index in [0.717, 1.165) is 0 Å². The van der Waals surface area contributed by atoms with E-state index >= 15 is 0 Å². The molecule has 4 amide bonds. The summed E-state index contributed by atoms with van der Waals surface area (Å²) < 4.78 is 0. The predicted octanol–water partition coefficient (Wildman–Crippen LogP) is -1.25. The van der Waals surface area contributed by atoms with Gasteiger partial charge in [-0.25, -0.2) is 4.79 Å². The minimum Gasteiger partial charge on any atom is -0.480 e. The van der Waals surface area contributed by atoms with Crippen LogP contribution in [0.3, 0.4) is 0 Å². The van der Waals surface area contributed by atoms with Crippen LogP contribution in [0.2, 0.25) is 0 Å². The lowest BCUT2D eigenvalue weighted by atomic mass is 9.97. The molecule has 6 atom stereocenters. The summed E-state index contributed by atoms with van der Waals surface area (Å²) in [6.07, 6.45) is 0.674. The maximum Gasteiger partial charge on any atom is 0.326 e. The highest BCUT2D eigenvalue weighted by molar-refractivity contribution is 7.80. The normalized spacial score (nSPS) is 16.7. The number of primary amides is 1. The fourth-order valence-corrected chi connectivity index (χ4v) is 2.92. The zero-order valence-electron chi connectivity index (χ0n) is 18.4. The fourth-order valence-electron chi connectivity index (χ4n) is 2.66. The van der Waals surface area contributed by atoms with E-state index in [4.69, 9.17) is 11.5 Å². The lowest BCUT2D eigenvalue weighted by Gasteiger charge is -2.28. The topological polar surface area (TPSA) is 194 Å². The van der Waals surface area contributed by atoms with Crippen molar-refractivity contribution in [2.24, 2.45) is 23.3 Å². The second kappa shape index (κ2) is 13.9. The Bertz CT molecular complexity index is 662. The van der Waals surface area contributed by atoms with Crippen molar-refractivity contribution in [3.8, 4) is 0 Å². The van der Waals surface area contributed by atoms with Crippen molar-refractivity contribution in [3.63, 3.8) is 0 Å². The molecular formula is C19H35N5O6S. The quantitative estimate of drug-likeness (QED) is 0.157. The Morgan fingerprint density at radius 1 is 0.871 bits per heavy atom. The third-order valence-corrected chi connectivity index (χ3v) is 5.51. The summed E-state index contributed by atoms with van der Waals surface area (Å²) in [4.78, 5) is 60.1. The number of hydrogen-bond donors (Lipinski definition) is 7. The van der Waals surface area contributed by atoms with E-state index in [1.807, 2.05) is 6.92 Å². The Hall–Kier alpha value is -2.34. The van der Waals surface area contributed by atoms with Gasteiger partial charge in [-0.1, -0.05) is 40.5 Å². The molecule has 0 saturated heterocycles. The molecule has 0 aromatic carbocycles. The highest BCUT2D eigenvalue weighted by Crippen LogP contribution is 2.11. The summed E-state index contributed by atoms with van der Waals surface area (Å²) in [6, 6.07) is -4.48. The van der Waals surface area contributed by atoms with Crippen molar-refractivity contribution in [3.05, 3.63) is 0 Å². The highest BCUT2D eigenvalue weighted by atomic mass is 32.1. The molecule has 0 heterocycles. The van der Waals surface area contributed by atoms with Gasteiger partial charge in [-0.15, -0.1) is 0 Å². The van der Waals surface area contributed by atoms with Crippen molar-refractivity contribution in [1.82, 2.24) is 16.0 Å². The molecule has 0 radical (unpaired) electrons. The van der Waals surface area contributed by atoms with E-state index in [1.165, 1.54) is 0 Å². The van der Waals surface area contributed by atoms with Gasteiger partial charge in [0.15, 0.2) is 0 Å². The summed E-state index contributed by atoms with van der Waals surface area (Å²) in [7, 11) is 0. The fraction of sp³-hybridized carbons (Fsp3) is 0.737. The highest BCUT2D eigenvalue weighted by Gasteiger charge is 2.33. The molecular weight excluding hydrogens is 426 g/mol. The average Bonchev–Trinajstić information content (AvgIpc) is 2.71. The summed E-state index contributed by atoms with van der Waals surface area (Å²) >= 11 is 4.08. The summed E-state index contributed by atoms with van der Waals surface area (Å²) in [5.41, 5.74) is 10.7. The maximum atomic E-state index is 12.8. The van der Waals surface area contributed by atoms with Crippen LogP contribution in [0.15, 0.2) is 0 Å². The Morgan fingerprint density at radius 3 is 1.77 bits per heavy atom. The minimum atomic E-state index is -1.22. The van der Waals surface area contributed by atoms with Crippen molar-refractivity contribution in [2.75, 3.05) is 5.75 Å². The monoisotopic (exact) mass is 461 g/mol. The van der Waals surface area contributed by atoms with Crippen LogP contribution in [0.25, 0.3) is 0 Å². The van der Waals surface area contributed by atoms with Gasteiger partial charge >= 0.3 is 5.97 Å². The molecule has 0 bridgehead atoms. The van der Waals surface area contributed by atoms with Crippen molar-refractivity contribution in [1.29, 1.82) is 0 Å². The van der Waals surface area contributed by atoms with Crippen LogP contribution >= 0.6 is 12.6 Å². The van der Waals surface area contributed by atoms with Crippen LogP contribution in [0.5, 0.6) is 0 Å². The van der Waals surface area contributed by atoms with E-state index in [1.54, 1.807) is 20.8 Å². The Kier molecular flexibility index (Phi) is 12.8. The van der Waals surface area contributed by atoms with E-state index in [0.29, 0.717) is 12.8 Å². The molecule has 0 fully saturated rings. The summed E-state index contributed by atoms with van der Waals surface area (Å²) in [6.45, 7) is 7.03. The number of hydrogen-bond acceptors (Lipinski definition) is 7. The molecule has 8 N–H and O–H groups in total. The molecule has 0 saturated carbocycles. The molecule has 0 aliphatic heterocycles. The molecule has 178 valence electrons. The first-order chi connectivity index (χ1) is 14.4. The van der Waals surface area contributed by atoms with Gasteiger partial charge < -0.3 is 32.5 Å². The molecule has 0 aromatic heterocycles. The zero-order chi connectivity index (χ0) is 24.3. The number of nitrogens with one attached hydrogen (secondary N) is 3. The van der Waals surface area contributed by atoms with Crippen LogP contribution in [-0.2, 0) is 24.0 Å². The Morgan fingerprint density at radius 2 is 1.35 bits per heavy atom. The number of rotatable bonds is 14. The van der Waals surface area contributed by atoms with Crippen LogP contribution in [0, 0.1) is 11.8 Å². The lowest BCUT2D eigenvalue weighted by molar-refractivity contribution is -0.143. The first-order valence-electron chi connectivity index (χ1n) is 10.2. The number of nitrogens with two attached hydrogens (primary N) is 2. The van der Waals surface area contributed by atoms with Gasteiger partial charge in [0.2, 0.25) is 23.6 Å². The van der Waals surface area contributed by atoms with Crippen LogP contribution in [0.1, 0.15) is 47.0 Å². The second-order valence-electron chi connectivity index (χ2n) is 7.60. The standard InChI is InChI=1S/C19H35N5O6S/c1-5-9(3)14(23-16(26)11(20)7-13(21)25)18(28)22-12(8-31)17(27)24-15(19(29)30)10(4)6-2/h9-12,14-15,31H,5-8,20H2,1-4H3,(H2,21,25)(H,22,28)(H,23,26)(H,24,27)(H,29,30). The maximum absolute atomic E-state index is 12.8. The first kappa shape index (κ1) is 28.7. The molecule has 31 heavy (non-hydrogen) atoms. The lowest BCUT2D eigenvalue weighted by Crippen LogP contribution is -2.59. The van der Waals surface area contributed by atoms with Crippen molar-refractivity contribution >= 4 is 42.2 Å². The van der Waals surface area contributed by atoms with E-state index in [9.17, 15) is 29.1 Å². The van der Waals surface area contributed by atoms with E-state index < -0.39 is 53.8 Å². The molecule has 0 aromatic rings. The SMILES string of the molecule is CCC(C)C(NC(=O)C(CS)NC(=O)C(NC(=O)C(N)CC(N)=O)C(C)CC)C(=O)O. The molecule has 0 rings (SSSR count). The molecule has 0 spiro atoms. The Labute approximate surface area is 187 Å².